The summed E-state index contributed by atoms with van der Waals surface area (Å²) in [4.78, 5) is 0. The van der Waals surface area contributed by atoms with Crippen LogP contribution in [-0.4, -0.2) is 7.11 Å². The van der Waals surface area contributed by atoms with Crippen molar-refractivity contribution in [3.05, 3.63) is 71.0 Å². The SMILES string of the molecule is C=C(CCC1CCC(c2ccc(C3CCC(C)CC3)c(F)c2F)CC1)/C(F)=C(/F)C(=C)OC. The Morgan fingerprint density at radius 1 is 0.848 bits per heavy atom. The molecule has 0 N–H and O–H groups in total. The van der Waals surface area contributed by atoms with Gasteiger partial charge in [0.25, 0.3) is 0 Å². The lowest BCUT2D eigenvalue weighted by atomic mass is 9.75. The first-order valence-corrected chi connectivity index (χ1v) is 12.2. The van der Waals surface area contributed by atoms with Gasteiger partial charge in [-0.1, -0.05) is 45.1 Å². The third-order valence-electron chi connectivity index (χ3n) is 7.73. The summed E-state index contributed by atoms with van der Waals surface area (Å²) >= 11 is 0. The molecule has 1 aromatic carbocycles. The summed E-state index contributed by atoms with van der Waals surface area (Å²) in [5.41, 5.74) is 1.11. The van der Waals surface area contributed by atoms with Gasteiger partial charge in [-0.15, -0.1) is 0 Å². The van der Waals surface area contributed by atoms with Crippen LogP contribution in [0, 0.1) is 23.5 Å². The molecule has 0 aliphatic heterocycles. The zero-order valence-electron chi connectivity index (χ0n) is 19.9. The molecule has 3 rings (SSSR count). The summed E-state index contributed by atoms with van der Waals surface area (Å²) < 4.78 is 62.5. The van der Waals surface area contributed by atoms with Gasteiger partial charge in [0.2, 0.25) is 0 Å². The Morgan fingerprint density at radius 3 is 1.82 bits per heavy atom. The number of methoxy groups -OCH3 is 1. The van der Waals surface area contributed by atoms with E-state index in [1.54, 1.807) is 6.07 Å². The zero-order valence-corrected chi connectivity index (χ0v) is 19.9. The van der Waals surface area contributed by atoms with Crippen molar-refractivity contribution in [2.75, 3.05) is 7.11 Å². The molecule has 2 fully saturated rings. The minimum atomic E-state index is -1.12. The summed E-state index contributed by atoms with van der Waals surface area (Å²) in [6.07, 6.45) is 8.22. The van der Waals surface area contributed by atoms with E-state index < -0.39 is 23.3 Å². The van der Waals surface area contributed by atoms with Crippen LogP contribution >= 0.6 is 0 Å². The molecule has 0 atom stereocenters. The van der Waals surface area contributed by atoms with E-state index in [1.807, 2.05) is 6.07 Å². The van der Waals surface area contributed by atoms with E-state index in [0.29, 0.717) is 35.8 Å². The van der Waals surface area contributed by atoms with Gasteiger partial charge < -0.3 is 4.74 Å². The number of benzene rings is 1. The smallest absolute Gasteiger partial charge is 0.200 e. The molecule has 0 unspecified atom stereocenters. The third-order valence-corrected chi connectivity index (χ3v) is 7.73. The van der Waals surface area contributed by atoms with Gasteiger partial charge >= 0.3 is 0 Å². The standard InChI is InChI=1S/C28H36F4O/c1-17-5-11-21(12-6-17)23-15-16-24(28(32)27(23)31)22-13-9-20(10-14-22)8-7-18(2)25(29)26(30)19(3)33-4/h15-17,20-22H,2-3,5-14H2,1,4H3/b26-25-. The van der Waals surface area contributed by atoms with Crippen LogP contribution in [0.3, 0.4) is 0 Å². The fraction of sp³-hybridized carbons (Fsp3) is 0.571. The van der Waals surface area contributed by atoms with Gasteiger partial charge in [-0.25, -0.2) is 13.2 Å². The third kappa shape index (κ3) is 6.10. The fourth-order valence-corrected chi connectivity index (χ4v) is 5.40. The van der Waals surface area contributed by atoms with E-state index in [2.05, 4.69) is 24.8 Å². The van der Waals surface area contributed by atoms with Crippen molar-refractivity contribution in [2.24, 2.45) is 11.8 Å². The molecule has 0 amide bonds. The zero-order chi connectivity index (χ0) is 24.1. The molecule has 33 heavy (non-hydrogen) atoms. The second-order valence-electron chi connectivity index (χ2n) is 9.94. The summed E-state index contributed by atoms with van der Waals surface area (Å²) in [6, 6.07) is 3.60. The number of allylic oxidation sites excluding steroid dienone is 3. The van der Waals surface area contributed by atoms with E-state index in [-0.39, 0.29) is 23.2 Å². The Balaban J connectivity index is 1.55. The highest BCUT2D eigenvalue weighted by Gasteiger charge is 2.29. The molecule has 0 aromatic heterocycles. The molecule has 2 aliphatic carbocycles. The maximum atomic E-state index is 15.0. The van der Waals surface area contributed by atoms with Crippen LogP contribution in [0.1, 0.15) is 94.1 Å². The molecule has 0 heterocycles. The first-order chi connectivity index (χ1) is 15.7. The quantitative estimate of drug-likeness (QED) is 0.212. The van der Waals surface area contributed by atoms with Crippen LogP contribution in [0.4, 0.5) is 17.6 Å². The Morgan fingerprint density at radius 2 is 1.33 bits per heavy atom. The second-order valence-corrected chi connectivity index (χ2v) is 9.94. The Kier molecular flexibility index (Phi) is 8.83. The van der Waals surface area contributed by atoms with E-state index in [0.717, 1.165) is 51.4 Å². The van der Waals surface area contributed by atoms with Gasteiger partial charge in [-0.2, -0.15) is 4.39 Å². The molecule has 0 radical (unpaired) electrons. The van der Waals surface area contributed by atoms with Crippen LogP contribution in [0.5, 0.6) is 0 Å². The number of ether oxygens (including phenoxy) is 1. The maximum Gasteiger partial charge on any atom is 0.200 e. The van der Waals surface area contributed by atoms with Crippen LogP contribution < -0.4 is 0 Å². The topological polar surface area (TPSA) is 9.23 Å². The first-order valence-electron chi connectivity index (χ1n) is 12.2. The lowest BCUT2D eigenvalue weighted by molar-refractivity contribution is 0.280. The average molecular weight is 465 g/mol. The Labute approximate surface area is 195 Å². The van der Waals surface area contributed by atoms with Crippen molar-refractivity contribution in [3.63, 3.8) is 0 Å². The number of rotatable bonds is 8. The van der Waals surface area contributed by atoms with Crippen molar-refractivity contribution in [1.29, 1.82) is 0 Å². The Bertz CT molecular complexity index is 887. The normalized spacial score (nSPS) is 26.5. The van der Waals surface area contributed by atoms with Crippen molar-refractivity contribution >= 4 is 0 Å². The lowest BCUT2D eigenvalue weighted by Gasteiger charge is -2.30. The second kappa shape index (κ2) is 11.4. The number of hydrogen-bond acceptors (Lipinski definition) is 1. The highest BCUT2D eigenvalue weighted by Crippen LogP contribution is 2.42. The molecule has 0 spiro atoms. The molecule has 0 bridgehead atoms. The molecular formula is C28H36F4O. The van der Waals surface area contributed by atoms with Crippen molar-refractivity contribution in [3.8, 4) is 0 Å². The molecule has 0 saturated heterocycles. The summed E-state index contributed by atoms with van der Waals surface area (Å²) in [6.45, 7) is 9.18. The Hall–Kier alpha value is -2.04. The van der Waals surface area contributed by atoms with E-state index in [1.165, 1.54) is 7.11 Å². The van der Waals surface area contributed by atoms with Crippen LogP contribution in [0.25, 0.3) is 0 Å². The fourth-order valence-electron chi connectivity index (χ4n) is 5.40. The molecule has 1 aromatic rings. The van der Waals surface area contributed by atoms with Crippen LogP contribution in [0.2, 0.25) is 0 Å². The van der Waals surface area contributed by atoms with Gasteiger partial charge in [0.1, 0.15) is 5.76 Å². The van der Waals surface area contributed by atoms with Crippen molar-refractivity contribution in [2.45, 2.75) is 83.0 Å². The van der Waals surface area contributed by atoms with E-state index in [4.69, 9.17) is 0 Å². The molecule has 182 valence electrons. The molecule has 5 heteroatoms. The molecule has 1 nitrogen and oxygen atoms in total. The van der Waals surface area contributed by atoms with E-state index >= 15 is 4.39 Å². The first kappa shape index (κ1) is 25.6. The molecule has 2 saturated carbocycles. The predicted molar refractivity (Wildman–Crippen MR) is 125 cm³/mol. The average Bonchev–Trinajstić information content (AvgIpc) is 2.83. The van der Waals surface area contributed by atoms with Gasteiger partial charge in [0.15, 0.2) is 23.3 Å². The van der Waals surface area contributed by atoms with Gasteiger partial charge in [0.05, 0.1) is 7.11 Å². The van der Waals surface area contributed by atoms with Gasteiger partial charge in [-0.05, 0) is 91.7 Å². The predicted octanol–water partition coefficient (Wildman–Crippen LogP) is 9.18. The molecular weight excluding hydrogens is 428 g/mol. The summed E-state index contributed by atoms with van der Waals surface area (Å²) in [7, 11) is 1.23. The van der Waals surface area contributed by atoms with Crippen molar-refractivity contribution < 1.29 is 22.3 Å². The van der Waals surface area contributed by atoms with E-state index in [9.17, 15) is 13.2 Å². The minimum Gasteiger partial charge on any atom is -0.494 e. The van der Waals surface area contributed by atoms with Crippen LogP contribution in [-0.2, 0) is 4.74 Å². The van der Waals surface area contributed by atoms with Gasteiger partial charge in [-0.3, -0.25) is 0 Å². The highest BCUT2D eigenvalue weighted by atomic mass is 19.2. The van der Waals surface area contributed by atoms with Gasteiger partial charge in [0, 0.05) is 0 Å². The summed E-state index contributed by atoms with van der Waals surface area (Å²) in [5.74, 6) is -2.71. The molecule has 2 aliphatic rings. The maximum absolute atomic E-state index is 15.0. The number of hydrogen-bond donors (Lipinski definition) is 0. The van der Waals surface area contributed by atoms with Crippen molar-refractivity contribution in [1.82, 2.24) is 0 Å². The summed E-state index contributed by atoms with van der Waals surface area (Å²) in [5, 5.41) is 0. The number of halogens is 4. The van der Waals surface area contributed by atoms with Crippen LogP contribution in [0.15, 0.2) is 48.3 Å². The minimum absolute atomic E-state index is 0.00140. The monoisotopic (exact) mass is 464 g/mol. The lowest BCUT2D eigenvalue weighted by Crippen LogP contribution is -2.17. The highest BCUT2D eigenvalue weighted by molar-refractivity contribution is 5.33. The largest absolute Gasteiger partial charge is 0.494 e.